The van der Waals surface area contributed by atoms with Crippen LogP contribution in [0.15, 0.2) is 64.8 Å². The summed E-state index contributed by atoms with van der Waals surface area (Å²) in [6, 6.07) is 13.0. The van der Waals surface area contributed by atoms with Crippen LogP contribution in [0.4, 0.5) is 11.4 Å². The number of Topliss-reactive ketones (excluding diaryl/α,β-unsaturated/α-hetero) is 1. The maximum Gasteiger partial charge on any atom is 0.335 e. The van der Waals surface area contributed by atoms with Crippen molar-refractivity contribution in [3.63, 3.8) is 0 Å². The summed E-state index contributed by atoms with van der Waals surface area (Å²) < 4.78 is 0. The fourth-order valence-electron chi connectivity index (χ4n) is 1.85. The summed E-state index contributed by atoms with van der Waals surface area (Å²) in [7, 11) is 0. The number of ketones is 1. The van der Waals surface area contributed by atoms with E-state index >= 15 is 0 Å². The van der Waals surface area contributed by atoms with Gasteiger partial charge >= 0.3 is 5.97 Å². The molecular weight excluding hydrogens is 310 g/mol. The molecule has 1 atom stereocenters. The summed E-state index contributed by atoms with van der Waals surface area (Å²) in [5, 5.41) is 19.0. The predicted octanol–water partition coefficient (Wildman–Crippen LogP) is 3.06. The van der Waals surface area contributed by atoms with Crippen molar-refractivity contribution in [2.24, 2.45) is 10.2 Å². The minimum Gasteiger partial charge on any atom is -0.478 e. The smallest absolute Gasteiger partial charge is 0.335 e. The van der Waals surface area contributed by atoms with Gasteiger partial charge in [0.1, 0.15) is 0 Å². The monoisotopic (exact) mass is 325 g/mol. The molecule has 1 amide bonds. The molecule has 24 heavy (non-hydrogen) atoms. The van der Waals surface area contributed by atoms with Crippen LogP contribution in [0.5, 0.6) is 0 Å². The van der Waals surface area contributed by atoms with E-state index in [-0.39, 0.29) is 5.56 Å². The number of anilines is 1. The van der Waals surface area contributed by atoms with Crippen molar-refractivity contribution in [3.05, 3.63) is 60.2 Å². The second kappa shape index (κ2) is 7.77. The Kier molecular flexibility index (Phi) is 5.51. The van der Waals surface area contributed by atoms with Crippen molar-refractivity contribution in [3.8, 4) is 0 Å². The third-order valence-electron chi connectivity index (χ3n) is 3.08. The Labute approximate surface area is 138 Å². The standard InChI is InChI=1S/C17H15N3O4/c1-11(21)15(16(22)18-13-5-3-2-4-6-13)20-19-14-9-7-12(8-10-14)17(23)24/h2-10,15H,1H3,(H,18,22)(H,23,24). The van der Waals surface area contributed by atoms with Crippen molar-refractivity contribution < 1.29 is 19.5 Å². The lowest BCUT2D eigenvalue weighted by Gasteiger charge is -2.09. The number of nitrogens with one attached hydrogen (secondary N) is 1. The highest BCUT2D eigenvalue weighted by molar-refractivity contribution is 6.10. The number of carboxylic acid groups (broad SMARTS) is 1. The molecule has 1 unspecified atom stereocenters. The number of rotatable bonds is 6. The number of azo groups is 1. The number of carbonyl (C=O) groups is 3. The molecule has 0 aliphatic heterocycles. The molecule has 7 heteroatoms. The normalized spacial score (nSPS) is 11.9. The quantitative estimate of drug-likeness (QED) is 0.628. The SMILES string of the molecule is CC(=O)C(N=Nc1ccc(C(=O)O)cc1)C(=O)Nc1ccccc1. The first-order chi connectivity index (χ1) is 11.5. The van der Waals surface area contributed by atoms with Crippen molar-refractivity contribution in [1.29, 1.82) is 0 Å². The third-order valence-corrected chi connectivity index (χ3v) is 3.08. The fourth-order valence-corrected chi connectivity index (χ4v) is 1.85. The van der Waals surface area contributed by atoms with E-state index in [9.17, 15) is 14.4 Å². The van der Waals surface area contributed by atoms with Crippen molar-refractivity contribution >= 4 is 29.0 Å². The first-order valence-corrected chi connectivity index (χ1v) is 7.08. The molecule has 2 N–H and O–H groups in total. The molecule has 122 valence electrons. The van der Waals surface area contributed by atoms with E-state index in [0.717, 1.165) is 0 Å². The van der Waals surface area contributed by atoms with Gasteiger partial charge in [0.25, 0.3) is 5.91 Å². The van der Waals surface area contributed by atoms with Gasteiger partial charge in [0, 0.05) is 5.69 Å². The molecule has 0 aliphatic carbocycles. The van der Waals surface area contributed by atoms with Crippen LogP contribution in [0.2, 0.25) is 0 Å². The zero-order valence-corrected chi connectivity index (χ0v) is 12.8. The fraction of sp³-hybridized carbons (Fsp3) is 0.118. The average Bonchev–Trinajstić information content (AvgIpc) is 2.56. The summed E-state index contributed by atoms with van der Waals surface area (Å²) in [4.78, 5) is 34.6. The zero-order chi connectivity index (χ0) is 17.5. The van der Waals surface area contributed by atoms with Gasteiger partial charge in [-0.05, 0) is 43.3 Å². The third kappa shape index (κ3) is 4.57. The molecule has 0 saturated heterocycles. The van der Waals surface area contributed by atoms with Crippen LogP contribution in [0, 0.1) is 0 Å². The van der Waals surface area contributed by atoms with E-state index in [0.29, 0.717) is 11.4 Å². The van der Waals surface area contributed by atoms with Crippen molar-refractivity contribution in [2.75, 3.05) is 5.32 Å². The van der Waals surface area contributed by atoms with E-state index in [2.05, 4.69) is 15.5 Å². The first kappa shape index (κ1) is 17.0. The number of carbonyl (C=O) groups excluding carboxylic acids is 2. The molecule has 0 saturated carbocycles. The molecule has 0 aliphatic rings. The number of hydrogen-bond acceptors (Lipinski definition) is 5. The number of amides is 1. The van der Waals surface area contributed by atoms with Crippen LogP contribution in [-0.2, 0) is 9.59 Å². The average molecular weight is 325 g/mol. The number of para-hydroxylation sites is 1. The molecule has 0 spiro atoms. The first-order valence-electron chi connectivity index (χ1n) is 7.08. The van der Waals surface area contributed by atoms with Crippen LogP contribution in [0.25, 0.3) is 0 Å². The van der Waals surface area contributed by atoms with Gasteiger partial charge in [-0.25, -0.2) is 4.79 Å². The van der Waals surface area contributed by atoms with Crippen LogP contribution >= 0.6 is 0 Å². The van der Waals surface area contributed by atoms with Gasteiger partial charge in [0.05, 0.1) is 11.3 Å². The molecule has 0 fully saturated rings. The molecule has 2 aromatic carbocycles. The van der Waals surface area contributed by atoms with Crippen LogP contribution < -0.4 is 5.32 Å². The van der Waals surface area contributed by atoms with E-state index in [4.69, 9.17) is 5.11 Å². The van der Waals surface area contributed by atoms with Crippen molar-refractivity contribution in [2.45, 2.75) is 13.0 Å². The lowest BCUT2D eigenvalue weighted by atomic mass is 10.2. The Balaban J connectivity index is 2.11. The van der Waals surface area contributed by atoms with Gasteiger partial charge in [0.15, 0.2) is 5.78 Å². The highest BCUT2D eigenvalue weighted by Gasteiger charge is 2.23. The van der Waals surface area contributed by atoms with Gasteiger partial charge in [-0.15, -0.1) is 0 Å². The molecule has 0 bridgehead atoms. The van der Waals surface area contributed by atoms with E-state index in [1.165, 1.54) is 31.2 Å². The minimum atomic E-state index is -1.27. The Morgan fingerprint density at radius 2 is 1.62 bits per heavy atom. The van der Waals surface area contributed by atoms with Gasteiger partial charge in [-0.2, -0.15) is 10.2 Å². The molecule has 0 heterocycles. The number of benzene rings is 2. The highest BCUT2D eigenvalue weighted by atomic mass is 16.4. The van der Waals surface area contributed by atoms with Gasteiger partial charge < -0.3 is 10.4 Å². The maximum absolute atomic E-state index is 12.2. The summed E-state index contributed by atoms with van der Waals surface area (Å²) >= 11 is 0. The molecule has 2 aromatic rings. The number of hydrogen-bond donors (Lipinski definition) is 2. The maximum atomic E-state index is 12.2. The van der Waals surface area contributed by atoms with E-state index in [1.807, 2.05) is 0 Å². The molecule has 7 nitrogen and oxygen atoms in total. The lowest BCUT2D eigenvalue weighted by Crippen LogP contribution is -2.31. The highest BCUT2D eigenvalue weighted by Crippen LogP contribution is 2.15. The Bertz CT molecular complexity index is 770. The summed E-state index contributed by atoms with van der Waals surface area (Å²) in [6.45, 7) is 1.25. The Hall–Kier alpha value is -3.35. The van der Waals surface area contributed by atoms with Gasteiger partial charge in [-0.1, -0.05) is 18.2 Å². The molecule has 2 rings (SSSR count). The van der Waals surface area contributed by atoms with Crippen LogP contribution in [0.1, 0.15) is 17.3 Å². The van der Waals surface area contributed by atoms with E-state index < -0.39 is 23.7 Å². The molecule has 0 aromatic heterocycles. The predicted molar refractivity (Wildman–Crippen MR) is 87.5 cm³/mol. The minimum absolute atomic E-state index is 0.110. The van der Waals surface area contributed by atoms with Crippen molar-refractivity contribution in [1.82, 2.24) is 0 Å². The molecular formula is C17H15N3O4. The van der Waals surface area contributed by atoms with Crippen LogP contribution in [0.3, 0.4) is 0 Å². The molecule has 0 radical (unpaired) electrons. The summed E-state index contributed by atoms with van der Waals surface area (Å²) in [5.74, 6) is -2.09. The van der Waals surface area contributed by atoms with E-state index in [1.54, 1.807) is 30.3 Å². The number of carboxylic acids is 1. The zero-order valence-electron chi connectivity index (χ0n) is 12.8. The topological polar surface area (TPSA) is 108 Å². The van der Waals surface area contributed by atoms with Gasteiger partial charge in [-0.3, -0.25) is 9.59 Å². The Morgan fingerprint density at radius 3 is 2.17 bits per heavy atom. The second-order valence-corrected chi connectivity index (χ2v) is 4.94. The number of nitrogens with zero attached hydrogens (tertiary/aromatic N) is 2. The lowest BCUT2D eigenvalue weighted by molar-refractivity contribution is -0.126. The summed E-state index contributed by atoms with van der Waals surface area (Å²) in [5.41, 5.74) is 1.01. The summed E-state index contributed by atoms with van der Waals surface area (Å²) in [6.07, 6.45) is 0. The van der Waals surface area contributed by atoms with Crippen LogP contribution in [-0.4, -0.2) is 28.8 Å². The second-order valence-electron chi connectivity index (χ2n) is 4.94. The largest absolute Gasteiger partial charge is 0.478 e. The van der Waals surface area contributed by atoms with Gasteiger partial charge in [0.2, 0.25) is 6.04 Å². The number of aromatic carboxylic acids is 1. The Morgan fingerprint density at radius 1 is 1.00 bits per heavy atom.